The Labute approximate surface area is 162 Å². The molecule has 0 aliphatic heterocycles. The van der Waals surface area contributed by atoms with E-state index in [9.17, 15) is 9.59 Å². The van der Waals surface area contributed by atoms with Crippen LogP contribution in [0.15, 0.2) is 60.9 Å². The molecular formula is C21H20N2O5. The third-order valence-corrected chi connectivity index (χ3v) is 4.10. The van der Waals surface area contributed by atoms with E-state index in [2.05, 4.69) is 5.10 Å². The quantitative estimate of drug-likeness (QED) is 0.442. The first-order valence-corrected chi connectivity index (χ1v) is 8.59. The number of ketones is 1. The number of nitrogens with zero attached hydrogens (tertiary/aromatic N) is 2. The molecular weight excluding hydrogens is 360 g/mol. The largest absolute Gasteiger partial charge is 0.497 e. The van der Waals surface area contributed by atoms with Crippen LogP contribution >= 0.6 is 0 Å². The highest BCUT2D eigenvalue weighted by Crippen LogP contribution is 2.25. The standard InChI is InChI=1S/C21H20N2O5/c1-26-17-8-9-18(20(10-17)27-2)19(24)14-28-21(25)16-11-22-23(13-16)12-15-6-4-3-5-7-15/h3-11,13H,12,14H2,1-2H3. The SMILES string of the molecule is COc1ccc(C(=O)COC(=O)c2cnn(Cc3ccccc3)c2)c(OC)c1. The number of esters is 1. The summed E-state index contributed by atoms with van der Waals surface area (Å²) >= 11 is 0. The number of hydrogen-bond acceptors (Lipinski definition) is 6. The molecule has 7 nitrogen and oxygen atoms in total. The summed E-state index contributed by atoms with van der Waals surface area (Å²) in [6, 6.07) is 14.6. The van der Waals surface area contributed by atoms with Gasteiger partial charge >= 0.3 is 5.97 Å². The Morgan fingerprint density at radius 1 is 1.04 bits per heavy atom. The molecule has 0 aliphatic rings. The second-order valence-corrected chi connectivity index (χ2v) is 5.98. The van der Waals surface area contributed by atoms with Gasteiger partial charge in [0.1, 0.15) is 11.5 Å². The molecule has 28 heavy (non-hydrogen) atoms. The van der Waals surface area contributed by atoms with Crippen molar-refractivity contribution >= 4 is 11.8 Å². The van der Waals surface area contributed by atoms with Crippen molar-refractivity contribution in [2.75, 3.05) is 20.8 Å². The molecule has 7 heteroatoms. The first-order valence-electron chi connectivity index (χ1n) is 8.59. The molecule has 1 heterocycles. The lowest BCUT2D eigenvalue weighted by molar-refractivity contribution is 0.0474. The van der Waals surface area contributed by atoms with Crippen LogP contribution in [0, 0.1) is 0 Å². The summed E-state index contributed by atoms with van der Waals surface area (Å²) in [6.07, 6.45) is 3.01. The van der Waals surface area contributed by atoms with Crippen molar-refractivity contribution in [1.29, 1.82) is 0 Å². The van der Waals surface area contributed by atoms with Gasteiger partial charge in [0.25, 0.3) is 0 Å². The van der Waals surface area contributed by atoms with E-state index in [1.165, 1.54) is 20.4 Å². The van der Waals surface area contributed by atoms with Crippen molar-refractivity contribution in [1.82, 2.24) is 9.78 Å². The summed E-state index contributed by atoms with van der Waals surface area (Å²) in [5, 5.41) is 4.16. The van der Waals surface area contributed by atoms with Gasteiger partial charge in [0.2, 0.25) is 5.78 Å². The summed E-state index contributed by atoms with van der Waals surface area (Å²) in [6.45, 7) is 0.140. The predicted octanol–water partition coefficient (Wildman–Crippen LogP) is 2.99. The smallest absolute Gasteiger partial charge is 0.341 e. The lowest BCUT2D eigenvalue weighted by atomic mass is 10.1. The number of ether oxygens (including phenoxy) is 3. The minimum atomic E-state index is -0.611. The Bertz CT molecular complexity index is 966. The molecule has 0 amide bonds. The third-order valence-electron chi connectivity index (χ3n) is 4.10. The summed E-state index contributed by atoms with van der Waals surface area (Å²) in [4.78, 5) is 24.6. The zero-order valence-electron chi connectivity index (χ0n) is 15.6. The molecule has 0 atom stereocenters. The van der Waals surface area contributed by atoms with E-state index in [-0.39, 0.29) is 11.3 Å². The van der Waals surface area contributed by atoms with Gasteiger partial charge < -0.3 is 14.2 Å². The van der Waals surface area contributed by atoms with E-state index in [4.69, 9.17) is 14.2 Å². The number of carbonyl (C=O) groups excluding carboxylic acids is 2. The van der Waals surface area contributed by atoms with E-state index in [1.54, 1.807) is 29.1 Å². The number of carbonyl (C=O) groups is 2. The fraction of sp³-hybridized carbons (Fsp3) is 0.190. The number of benzene rings is 2. The second kappa shape index (κ2) is 8.85. The molecule has 3 aromatic rings. The van der Waals surface area contributed by atoms with E-state index in [1.807, 2.05) is 30.3 Å². The molecule has 0 radical (unpaired) electrons. The lowest BCUT2D eigenvalue weighted by Crippen LogP contribution is -2.15. The van der Waals surface area contributed by atoms with Crippen molar-refractivity contribution in [2.24, 2.45) is 0 Å². The topological polar surface area (TPSA) is 79.7 Å². The number of hydrogen-bond donors (Lipinski definition) is 0. The highest BCUT2D eigenvalue weighted by Gasteiger charge is 2.17. The molecule has 0 saturated carbocycles. The molecule has 0 N–H and O–H groups in total. The van der Waals surface area contributed by atoms with Gasteiger partial charge in [-0.1, -0.05) is 30.3 Å². The molecule has 1 aromatic heterocycles. The first kappa shape index (κ1) is 19.2. The van der Waals surface area contributed by atoms with Crippen molar-refractivity contribution in [3.8, 4) is 11.5 Å². The van der Waals surface area contributed by atoms with Crippen LogP contribution < -0.4 is 9.47 Å². The first-order chi connectivity index (χ1) is 13.6. The molecule has 0 spiro atoms. The molecule has 144 valence electrons. The molecule has 3 rings (SSSR count). The minimum Gasteiger partial charge on any atom is -0.497 e. The summed E-state index contributed by atoms with van der Waals surface area (Å²) in [5.74, 6) is -0.0584. The van der Waals surface area contributed by atoms with Gasteiger partial charge in [-0.15, -0.1) is 0 Å². The van der Waals surface area contributed by atoms with Gasteiger partial charge in [-0.05, 0) is 17.7 Å². The van der Waals surface area contributed by atoms with E-state index in [0.717, 1.165) is 5.56 Å². The molecule has 2 aromatic carbocycles. The van der Waals surface area contributed by atoms with Crippen molar-refractivity contribution in [3.05, 3.63) is 77.6 Å². The van der Waals surface area contributed by atoms with Gasteiger partial charge in [0.15, 0.2) is 6.61 Å². The summed E-state index contributed by atoms with van der Waals surface area (Å²) in [7, 11) is 2.98. The number of aromatic nitrogens is 2. The monoisotopic (exact) mass is 380 g/mol. The van der Waals surface area contributed by atoms with Crippen LogP contribution in [0.5, 0.6) is 11.5 Å². The Morgan fingerprint density at radius 3 is 2.54 bits per heavy atom. The normalized spacial score (nSPS) is 10.4. The van der Waals surface area contributed by atoms with Crippen molar-refractivity contribution < 1.29 is 23.8 Å². The zero-order valence-corrected chi connectivity index (χ0v) is 15.6. The Morgan fingerprint density at radius 2 is 1.82 bits per heavy atom. The molecule has 0 saturated heterocycles. The molecule has 0 unspecified atom stereocenters. The maximum atomic E-state index is 12.4. The average Bonchev–Trinajstić information content (AvgIpc) is 3.20. The second-order valence-electron chi connectivity index (χ2n) is 5.98. The van der Waals surface area contributed by atoms with Crippen molar-refractivity contribution in [3.63, 3.8) is 0 Å². The Kier molecular flexibility index (Phi) is 6.06. The predicted molar refractivity (Wildman–Crippen MR) is 102 cm³/mol. The van der Waals surface area contributed by atoms with Crippen LogP contribution in [0.1, 0.15) is 26.3 Å². The molecule has 0 bridgehead atoms. The number of methoxy groups -OCH3 is 2. The summed E-state index contributed by atoms with van der Waals surface area (Å²) in [5.41, 5.74) is 1.66. The molecule has 0 aliphatic carbocycles. The van der Waals surface area contributed by atoms with Crippen LogP contribution in [0.4, 0.5) is 0 Å². The Balaban J connectivity index is 1.60. The maximum Gasteiger partial charge on any atom is 0.341 e. The van der Waals surface area contributed by atoms with Crippen LogP contribution in [-0.4, -0.2) is 42.4 Å². The molecule has 0 fully saturated rings. The van der Waals surface area contributed by atoms with Crippen LogP contribution in [0.25, 0.3) is 0 Å². The van der Waals surface area contributed by atoms with Gasteiger partial charge in [-0.3, -0.25) is 9.48 Å². The highest BCUT2D eigenvalue weighted by atomic mass is 16.5. The van der Waals surface area contributed by atoms with E-state index >= 15 is 0 Å². The third kappa shape index (κ3) is 4.56. The highest BCUT2D eigenvalue weighted by molar-refractivity contribution is 6.01. The lowest BCUT2D eigenvalue weighted by Gasteiger charge is -2.09. The van der Waals surface area contributed by atoms with Gasteiger partial charge in [-0.25, -0.2) is 4.79 Å². The summed E-state index contributed by atoms with van der Waals surface area (Å²) < 4.78 is 17.1. The number of rotatable bonds is 8. The van der Waals surface area contributed by atoms with E-state index in [0.29, 0.717) is 23.6 Å². The fourth-order valence-corrected chi connectivity index (χ4v) is 2.65. The number of Topliss-reactive ketones (excluding diaryl/α,β-unsaturated/α-hetero) is 1. The van der Waals surface area contributed by atoms with Crippen LogP contribution in [0.2, 0.25) is 0 Å². The van der Waals surface area contributed by atoms with Crippen LogP contribution in [-0.2, 0) is 11.3 Å². The van der Waals surface area contributed by atoms with Gasteiger partial charge in [0.05, 0.1) is 38.1 Å². The van der Waals surface area contributed by atoms with Crippen molar-refractivity contribution in [2.45, 2.75) is 6.54 Å². The Hall–Kier alpha value is -3.61. The maximum absolute atomic E-state index is 12.4. The fourth-order valence-electron chi connectivity index (χ4n) is 2.65. The van der Waals surface area contributed by atoms with Gasteiger partial charge in [-0.2, -0.15) is 5.10 Å². The van der Waals surface area contributed by atoms with E-state index < -0.39 is 12.6 Å². The van der Waals surface area contributed by atoms with Crippen LogP contribution in [0.3, 0.4) is 0 Å². The zero-order chi connectivity index (χ0) is 19.9. The average molecular weight is 380 g/mol. The minimum absolute atomic E-state index is 0.283. The van der Waals surface area contributed by atoms with Gasteiger partial charge in [0, 0.05) is 12.3 Å².